The van der Waals surface area contributed by atoms with Gasteiger partial charge in [-0.2, -0.15) is 5.10 Å². The second-order valence-electron chi connectivity index (χ2n) is 6.28. The fraction of sp³-hybridized carbons (Fsp3) is 0.316. The number of hydrogen-bond donors (Lipinski definition) is 1. The van der Waals surface area contributed by atoms with Gasteiger partial charge in [-0.1, -0.05) is 12.1 Å². The first-order valence-electron chi connectivity index (χ1n) is 8.47. The molecule has 2 heterocycles. The Morgan fingerprint density at radius 1 is 1.31 bits per heavy atom. The third kappa shape index (κ3) is 4.56. The summed E-state index contributed by atoms with van der Waals surface area (Å²) in [6, 6.07) is 9.38. The summed E-state index contributed by atoms with van der Waals surface area (Å²) in [5, 5.41) is 8.35. The molecule has 26 heavy (non-hydrogen) atoms. The molecule has 0 aliphatic carbocycles. The number of amides is 2. The maximum absolute atomic E-state index is 13.0. The summed E-state index contributed by atoms with van der Waals surface area (Å²) in [7, 11) is 0. The van der Waals surface area contributed by atoms with Gasteiger partial charge in [0.15, 0.2) is 0 Å². The van der Waals surface area contributed by atoms with Crippen molar-refractivity contribution in [3.63, 3.8) is 0 Å². The molecule has 1 atom stereocenters. The largest absolute Gasteiger partial charge is 0.469 e. The molecule has 1 aliphatic rings. The van der Waals surface area contributed by atoms with E-state index >= 15 is 0 Å². The van der Waals surface area contributed by atoms with Crippen molar-refractivity contribution < 1.29 is 18.4 Å². The van der Waals surface area contributed by atoms with E-state index in [1.807, 2.05) is 13.0 Å². The zero-order valence-corrected chi connectivity index (χ0v) is 14.4. The summed E-state index contributed by atoms with van der Waals surface area (Å²) in [6.07, 6.45) is 2.69. The first-order chi connectivity index (χ1) is 12.5. The number of carbonyl (C=O) groups is 2. The van der Waals surface area contributed by atoms with Gasteiger partial charge >= 0.3 is 0 Å². The summed E-state index contributed by atoms with van der Waals surface area (Å²) in [5.74, 6) is -0.000461. The molecular formula is C19H20FN3O3. The summed E-state index contributed by atoms with van der Waals surface area (Å²) in [6.45, 7) is 2.09. The topological polar surface area (TPSA) is 74.9 Å². The van der Waals surface area contributed by atoms with Crippen LogP contribution in [-0.4, -0.2) is 28.6 Å². The number of hydrazone groups is 1. The minimum Gasteiger partial charge on any atom is -0.469 e. The fourth-order valence-electron chi connectivity index (χ4n) is 2.74. The molecule has 1 aromatic carbocycles. The van der Waals surface area contributed by atoms with Crippen molar-refractivity contribution in [1.82, 2.24) is 10.3 Å². The second-order valence-corrected chi connectivity index (χ2v) is 6.28. The Labute approximate surface area is 150 Å². The highest BCUT2D eigenvalue weighted by Crippen LogP contribution is 2.14. The van der Waals surface area contributed by atoms with Crippen LogP contribution in [0.25, 0.3) is 0 Å². The van der Waals surface area contributed by atoms with E-state index in [4.69, 9.17) is 4.42 Å². The molecule has 1 unspecified atom stereocenters. The van der Waals surface area contributed by atoms with Crippen LogP contribution >= 0.6 is 0 Å². The van der Waals surface area contributed by atoms with Gasteiger partial charge in [0.1, 0.15) is 17.3 Å². The standard InChI is InChI=1S/C19H20FN3O3/c1-13(11-16-3-2-10-26-16)21-19(25)17-8-9-18(24)23(22-17)12-14-4-6-15(20)7-5-14/h2-7,10,13H,8-9,11-12H2,1H3,(H,21,25). The maximum Gasteiger partial charge on any atom is 0.267 e. The van der Waals surface area contributed by atoms with Crippen LogP contribution in [-0.2, 0) is 22.6 Å². The Bertz CT molecular complexity index is 800. The lowest BCUT2D eigenvalue weighted by atomic mass is 10.1. The Hall–Kier alpha value is -2.96. The number of nitrogens with one attached hydrogen (secondary N) is 1. The predicted octanol–water partition coefficient (Wildman–Crippen LogP) is 2.64. The van der Waals surface area contributed by atoms with Crippen LogP contribution in [0.15, 0.2) is 52.2 Å². The number of nitrogens with zero attached hydrogens (tertiary/aromatic N) is 2. The van der Waals surface area contributed by atoms with Crippen molar-refractivity contribution in [3.8, 4) is 0 Å². The van der Waals surface area contributed by atoms with E-state index in [1.54, 1.807) is 24.5 Å². The zero-order chi connectivity index (χ0) is 18.5. The van der Waals surface area contributed by atoms with Crippen molar-refractivity contribution >= 4 is 17.5 Å². The highest BCUT2D eigenvalue weighted by atomic mass is 19.1. The average molecular weight is 357 g/mol. The van der Waals surface area contributed by atoms with Crippen LogP contribution in [0.3, 0.4) is 0 Å². The molecule has 0 saturated carbocycles. The van der Waals surface area contributed by atoms with Crippen LogP contribution in [0.2, 0.25) is 0 Å². The quantitative estimate of drug-likeness (QED) is 0.864. The molecule has 2 aromatic rings. The molecule has 2 amide bonds. The van der Waals surface area contributed by atoms with E-state index in [2.05, 4.69) is 10.4 Å². The van der Waals surface area contributed by atoms with Gasteiger partial charge in [-0.05, 0) is 36.8 Å². The van der Waals surface area contributed by atoms with Crippen molar-refractivity contribution in [3.05, 3.63) is 59.8 Å². The van der Waals surface area contributed by atoms with Gasteiger partial charge in [-0.3, -0.25) is 9.59 Å². The van der Waals surface area contributed by atoms with Gasteiger partial charge in [0.25, 0.3) is 5.91 Å². The molecule has 0 spiro atoms. The number of hydrogen-bond acceptors (Lipinski definition) is 4. The molecule has 6 nitrogen and oxygen atoms in total. The Morgan fingerprint density at radius 3 is 2.77 bits per heavy atom. The Kier molecular flexibility index (Phi) is 5.46. The van der Waals surface area contributed by atoms with E-state index in [0.29, 0.717) is 18.6 Å². The number of furan rings is 1. The van der Waals surface area contributed by atoms with Crippen LogP contribution in [0.4, 0.5) is 4.39 Å². The summed E-state index contributed by atoms with van der Waals surface area (Å²) >= 11 is 0. The van der Waals surface area contributed by atoms with E-state index in [0.717, 1.165) is 11.3 Å². The predicted molar refractivity (Wildman–Crippen MR) is 93.6 cm³/mol. The number of benzene rings is 1. The minimum absolute atomic E-state index is 0.125. The molecule has 0 radical (unpaired) electrons. The monoisotopic (exact) mass is 357 g/mol. The lowest BCUT2D eigenvalue weighted by Gasteiger charge is -2.24. The SMILES string of the molecule is CC(Cc1ccco1)NC(=O)C1=NN(Cc2ccc(F)cc2)C(=O)CC1. The normalized spacial score (nSPS) is 15.5. The van der Waals surface area contributed by atoms with Gasteiger partial charge in [0, 0.05) is 25.3 Å². The van der Waals surface area contributed by atoms with Crippen LogP contribution in [0.5, 0.6) is 0 Å². The fourth-order valence-corrected chi connectivity index (χ4v) is 2.74. The molecule has 1 aliphatic heterocycles. The van der Waals surface area contributed by atoms with Crippen LogP contribution in [0, 0.1) is 5.82 Å². The van der Waals surface area contributed by atoms with Gasteiger partial charge < -0.3 is 9.73 Å². The zero-order valence-electron chi connectivity index (χ0n) is 14.4. The van der Waals surface area contributed by atoms with Gasteiger partial charge in [-0.25, -0.2) is 9.40 Å². The Morgan fingerprint density at radius 2 is 2.08 bits per heavy atom. The minimum atomic E-state index is -0.340. The lowest BCUT2D eigenvalue weighted by molar-refractivity contribution is -0.132. The van der Waals surface area contributed by atoms with Gasteiger partial charge in [0.2, 0.25) is 5.91 Å². The van der Waals surface area contributed by atoms with Crippen LogP contribution < -0.4 is 5.32 Å². The average Bonchev–Trinajstić information content (AvgIpc) is 3.11. The van der Waals surface area contributed by atoms with E-state index in [-0.39, 0.29) is 36.6 Å². The number of carbonyl (C=O) groups excluding carboxylic acids is 2. The van der Waals surface area contributed by atoms with Crippen molar-refractivity contribution in [2.45, 2.75) is 38.8 Å². The molecule has 136 valence electrons. The molecular weight excluding hydrogens is 337 g/mol. The van der Waals surface area contributed by atoms with Crippen molar-refractivity contribution in [2.24, 2.45) is 5.10 Å². The maximum atomic E-state index is 13.0. The summed E-state index contributed by atoms with van der Waals surface area (Å²) in [4.78, 5) is 24.5. The summed E-state index contributed by atoms with van der Waals surface area (Å²) < 4.78 is 18.3. The molecule has 0 bridgehead atoms. The first kappa shape index (κ1) is 17.8. The van der Waals surface area contributed by atoms with Gasteiger partial charge in [-0.15, -0.1) is 0 Å². The first-order valence-corrected chi connectivity index (χ1v) is 8.47. The number of rotatable bonds is 6. The molecule has 0 saturated heterocycles. The van der Waals surface area contributed by atoms with E-state index in [9.17, 15) is 14.0 Å². The molecule has 3 rings (SSSR count). The third-order valence-corrected chi connectivity index (χ3v) is 4.08. The molecule has 1 N–H and O–H groups in total. The summed E-state index contributed by atoms with van der Waals surface area (Å²) in [5.41, 5.74) is 1.06. The molecule has 0 fully saturated rings. The smallest absolute Gasteiger partial charge is 0.267 e. The molecule has 1 aromatic heterocycles. The number of halogens is 1. The van der Waals surface area contributed by atoms with Crippen molar-refractivity contribution in [2.75, 3.05) is 0 Å². The highest BCUT2D eigenvalue weighted by molar-refractivity contribution is 6.39. The second kappa shape index (κ2) is 7.95. The van der Waals surface area contributed by atoms with E-state index < -0.39 is 0 Å². The molecule has 7 heteroatoms. The van der Waals surface area contributed by atoms with Crippen molar-refractivity contribution in [1.29, 1.82) is 0 Å². The third-order valence-electron chi connectivity index (χ3n) is 4.08. The van der Waals surface area contributed by atoms with E-state index in [1.165, 1.54) is 17.1 Å². The highest BCUT2D eigenvalue weighted by Gasteiger charge is 2.25. The Balaban J connectivity index is 1.63. The van der Waals surface area contributed by atoms with Crippen LogP contribution in [0.1, 0.15) is 31.1 Å². The lowest BCUT2D eigenvalue weighted by Crippen LogP contribution is -2.42. The van der Waals surface area contributed by atoms with Gasteiger partial charge in [0.05, 0.1) is 12.8 Å².